The lowest BCUT2D eigenvalue weighted by atomic mass is 9.55. The molecule has 12 rings (SSSR count). The predicted octanol–water partition coefficient (Wildman–Crippen LogP) is 19.6. The van der Waals surface area contributed by atoms with Crippen LogP contribution in [0.15, 0.2) is 205 Å². The zero-order chi connectivity index (χ0) is 53.8. The van der Waals surface area contributed by atoms with Crippen molar-refractivity contribution in [3.8, 4) is 67.4 Å². The summed E-state index contributed by atoms with van der Waals surface area (Å²) in [6.45, 7) is 28.2. The van der Waals surface area contributed by atoms with Gasteiger partial charge < -0.3 is 9.32 Å². The second-order valence-corrected chi connectivity index (χ2v) is 24.6. The average molecular weight is 1000 g/mol. The number of para-hydroxylation sites is 1. The van der Waals surface area contributed by atoms with Crippen LogP contribution in [0.3, 0.4) is 0 Å². The summed E-state index contributed by atoms with van der Waals surface area (Å²) in [5.74, 6) is 1.01. The van der Waals surface area contributed by atoms with Crippen LogP contribution in [0.4, 0.5) is 17.1 Å². The first-order valence-corrected chi connectivity index (χ1v) is 27.4. The monoisotopic (exact) mass is 1000 g/mol. The van der Waals surface area contributed by atoms with Crippen LogP contribution in [0.2, 0.25) is 0 Å². The van der Waals surface area contributed by atoms with E-state index < -0.39 is 0 Å². The number of benzene rings is 9. The van der Waals surface area contributed by atoms with Crippen molar-refractivity contribution in [2.45, 2.75) is 110 Å². The highest BCUT2D eigenvalue weighted by Crippen LogP contribution is 2.57. The molecule has 0 radical (unpaired) electrons. The molecular formula is C73H69N3O. The van der Waals surface area contributed by atoms with Gasteiger partial charge in [-0.05, 0) is 186 Å². The van der Waals surface area contributed by atoms with E-state index in [0.717, 1.165) is 33.8 Å². The molecule has 382 valence electrons. The lowest BCUT2D eigenvalue weighted by Gasteiger charge is -2.49. The Balaban J connectivity index is 0.774. The van der Waals surface area contributed by atoms with Crippen molar-refractivity contribution in [3.05, 3.63) is 245 Å². The number of hydrogen-bond acceptors (Lipinski definition) is 4. The standard InChI is InChI=1S/C73H69N3O/c1-46-18-34-57(35-19-46)76(56-16-14-13-15-17-56)58-36-27-49(28-37-58)53-30-40-61-62-41-33-55(45-66(62)73(11,12)72(9,10)65(61)44-53)69(3,4)54-31-25-51(26-32-54)68-75-74-67(77-68)50-23-21-48(22-24-50)52-29-39-60-59-38-20-47(2)42-63(59)70(5,6)71(7,8)64(60)43-52/h13-45H,1-12H3. The van der Waals surface area contributed by atoms with Crippen molar-refractivity contribution in [1.29, 1.82) is 0 Å². The van der Waals surface area contributed by atoms with Crippen molar-refractivity contribution < 1.29 is 4.42 Å². The maximum absolute atomic E-state index is 6.37. The van der Waals surface area contributed by atoms with Crippen LogP contribution < -0.4 is 4.90 Å². The number of fused-ring (bicyclic) bond motifs is 6. The third-order valence-corrected chi connectivity index (χ3v) is 18.9. The normalized spacial score (nSPS) is 15.4. The van der Waals surface area contributed by atoms with Crippen molar-refractivity contribution in [3.63, 3.8) is 0 Å². The van der Waals surface area contributed by atoms with E-state index in [1.807, 2.05) is 0 Å². The Kier molecular flexibility index (Phi) is 11.6. The van der Waals surface area contributed by atoms with E-state index in [0.29, 0.717) is 11.8 Å². The first-order valence-electron chi connectivity index (χ1n) is 27.4. The summed E-state index contributed by atoms with van der Waals surface area (Å²) in [7, 11) is 0. The lowest BCUT2D eigenvalue weighted by Crippen LogP contribution is -2.43. The third kappa shape index (κ3) is 8.10. The van der Waals surface area contributed by atoms with Gasteiger partial charge in [0.2, 0.25) is 11.8 Å². The molecule has 0 saturated carbocycles. The second kappa shape index (κ2) is 18.0. The minimum Gasteiger partial charge on any atom is -0.416 e. The fourth-order valence-corrected chi connectivity index (χ4v) is 12.4. The molecule has 10 aromatic rings. The Morgan fingerprint density at radius 3 is 1.19 bits per heavy atom. The average Bonchev–Trinajstić information content (AvgIpc) is 4.01. The quantitative estimate of drug-likeness (QED) is 0.144. The fraction of sp³-hybridized carbons (Fsp3) is 0.233. The van der Waals surface area contributed by atoms with Crippen LogP contribution in [-0.4, -0.2) is 10.2 Å². The maximum atomic E-state index is 6.37. The van der Waals surface area contributed by atoms with Crippen LogP contribution in [0.1, 0.15) is 114 Å². The van der Waals surface area contributed by atoms with E-state index >= 15 is 0 Å². The molecule has 0 saturated heterocycles. The van der Waals surface area contributed by atoms with Gasteiger partial charge >= 0.3 is 0 Å². The van der Waals surface area contributed by atoms with E-state index in [1.165, 1.54) is 83.5 Å². The summed E-state index contributed by atoms with van der Waals surface area (Å²) in [6, 6.07) is 73.8. The van der Waals surface area contributed by atoms with E-state index in [4.69, 9.17) is 4.42 Å². The van der Waals surface area contributed by atoms with Gasteiger partial charge in [0.15, 0.2) is 0 Å². The smallest absolute Gasteiger partial charge is 0.248 e. The zero-order valence-electron chi connectivity index (χ0n) is 46.8. The van der Waals surface area contributed by atoms with E-state index in [9.17, 15) is 0 Å². The molecule has 1 aromatic heterocycles. The Labute approximate surface area is 456 Å². The lowest BCUT2D eigenvalue weighted by molar-refractivity contribution is 0.298. The molecule has 4 heteroatoms. The van der Waals surface area contributed by atoms with Crippen molar-refractivity contribution in [2.24, 2.45) is 0 Å². The highest BCUT2D eigenvalue weighted by molar-refractivity contribution is 5.84. The predicted molar refractivity (Wildman–Crippen MR) is 322 cm³/mol. The summed E-state index contributed by atoms with van der Waals surface area (Å²) >= 11 is 0. The molecule has 9 aromatic carbocycles. The molecule has 0 bridgehead atoms. The highest BCUT2D eigenvalue weighted by Gasteiger charge is 2.47. The van der Waals surface area contributed by atoms with Crippen LogP contribution in [0.25, 0.3) is 67.4 Å². The number of anilines is 3. The van der Waals surface area contributed by atoms with Crippen molar-refractivity contribution in [1.82, 2.24) is 10.2 Å². The van der Waals surface area contributed by atoms with Crippen LogP contribution in [-0.2, 0) is 27.1 Å². The minimum atomic E-state index is -0.269. The number of aryl methyl sites for hydroxylation is 2. The van der Waals surface area contributed by atoms with E-state index in [-0.39, 0.29) is 27.1 Å². The molecule has 0 spiro atoms. The molecule has 1 heterocycles. The van der Waals surface area contributed by atoms with Gasteiger partial charge in [0, 0.05) is 33.6 Å². The number of hydrogen-bond donors (Lipinski definition) is 0. The summed E-state index contributed by atoms with van der Waals surface area (Å²) in [5.41, 5.74) is 25.3. The first kappa shape index (κ1) is 49.8. The summed E-state index contributed by atoms with van der Waals surface area (Å²) in [6.07, 6.45) is 0. The molecule has 2 aliphatic carbocycles. The number of aromatic nitrogens is 2. The van der Waals surface area contributed by atoms with Crippen LogP contribution >= 0.6 is 0 Å². The van der Waals surface area contributed by atoms with Gasteiger partial charge in [-0.25, -0.2) is 0 Å². The van der Waals surface area contributed by atoms with Crippen molar-refractivity contribution >= 4 is 17.1 Å². The maximum Gasteiger partial charge on any atom is 0.248 e. The molecule has 0 N–H and O–H groups in total. The molecule has 0 amide bonds. The fourth-order valence-electron chi connectivity index (χ4n) is 12.4. The second-order valence-electron chi connectivity index (χ2n) is 24.6. The SMILES string of the molecule is Cc1ccc(N(c2ccccc2)c2ccc(-c3ccc4c(c3)C(C)(C)C(C)(C)c3cc(C(C)(C)c5ccc(-c6nnc(-c7ccc(-c8ccc9c(c8)C(C)(C)C(C)(C)c8cc(C)ccc8-9)cc7)o6)cc5)ccc3-4)cc2)cc1. The van der Waals surface area contributed by atoms with Crippen LogP contribution in [0.5, 0.6) is 0 Å². The van der Waals surface area contributed by atoms with Gasteiger partial charge in [-0.2, -0.15) is 0 Å². The van der Waals surface area contributed by atoms with Gasteiger partial charge in [-0.1, -0.05) is 208 Å². The van der Waals surface area contributed by atoms with Gasteiger partial charge in [0.05, 0.1) is 0 Å². The topological polar surface area (TPSA) is 42.2 Å². The van der Waals surface area contributed by atoms with E-state index in [1.54, 1.807) is 0 Å². The third-order valence-electron chi connectivity index (χ3n) is 18.9. The largest absolute Gasteiger partial charge is 0.416 e. The molecule has 2 aliphatic rings. The van der Waals surface area contributed by atoms with Crippen molar-refractivity contribution in [2.75, 3.05) is 4.90 Å². The van der Waals surface area contributed by atoms with Crippen LogP contribution in [0, 0.1) is 13.8 Å². The molecule has 0 atom stereocenters. The molecule has 4 nitrogen and oxygen atoms in total. The molecular weight excluding hydrogens is 935 g/mol. The Morgan fingerprint density at radius 2 is 0.688 bits per heavy atom. The molecule has 77 heavy (non-hydrogen) atoms. The molecule has 0 fully saturated rings. The zero-order valence-corrected chi connectivity index (χ0v) is 46.8. The minimum absolute atomic E-state index is 0.0268. The Bertz CT molecular complexity index is 3870. The van der Waals surface area contributed by atoms with Gasteiger partial charge in [0.25, 0.3) is 0 Å². The number of rotatable bonds is 9. The Hall–Kier alpha value is -8.08. The summed E-state index contributed by atoms with van der Waals surface area (Å²) in [5, 5.41) is 9.05. The highest BCUT2D eigenvalue weighted by atomic mass is 16.4. The summed E-state index contributed by atoms with van der Waals surface area (Å²) < 4.78 is 6.37. The van der Waals surface area contributed by atoms with Gasteiger partial charge in [-0.3, -0.25) is 0 Å². The Morgan fingerprint density at radius 1 is 0.338 bits per heavy atom. The summed E-state index contributed by atoms with van der Waals surface area (Å²) in [4.78, 5) is 2.32. The first-order chi connectivity index (χ1) is 36.7. The number of nitrogens with zero attached hydrogens (tertiary/aromatic N) is 3. The van der Waals surface area contributed by atoms with E-state index in [2.05, 4.69) is 298 Å². The molecule has 0 unspecified atom stereocenters. The van der Waals surface area contributed by atoms with Gasteiger partial charge in [-0.15, -0.1) is 10.2 Å². The van der Waals surface area contributed by atoms with Gasteiger partial charge in [0.1, 0.15) is 0 Å². The molecule has 0 aliphatic heterocycles.